The molecule has 0 aliphatic carbocycles. The smallest absolute Gasteiger partial charge is 0.390 e. The third-order valence-electron chi connectivity index (χ3n) is 10.8. The van der Waals surface area contributed by atoms with Crippen LogP contribution in [0.5, 0.6) is 5.75 Å². The predicted octanol–water partition coefficient (Wildman–Crippen LogP) is 13.8. The fourth-order valence-electron chi connectivity index (χ4n) is 7.59. The first-order valence-corrected chi connectivity index (χ1v) is 19.2. The normalized spacial score (nSPS) is 12.3. The molecule has 49 heavy (non-hydrogen) atoms. The molecule has 2 unspecified atom stereocenters. The van der Waals surface area contributed by atoms with Crippen molar-refractivity contribution in [2.45, 2.75) is 80.6 Å². The summed E-state index contributed by atoms with van der Waals surface area (Å²) in [4.78, 5) is 0. The molecule has 0 spiro atoms. The predicted molar refractivity (Wildman–Crippen MR) is 215 cm³/mol. The SMILES string of the molecule is CCCC(CC)c1ccc2c(-c3c(P)ccc4ccccc34)c(Op3oc4cc(C)c(C)c(C)c4c4c(C)c(C)c(C)cc4o3)ccc2c1. The maximum atomic E-state index is 7.02. The van der Waals surface area contributed by atoms with E-state index < -0.39 is 8.24 Å². The number of benzene rings is 6. The first-order chi connectivity index (χ1) is 23.6. The van der Waals surface area contributed by atoms with E-state index in [1.54, 1.807) is 0 Å². The molecule has 5 heteroatoms. The molecule has 0 aliphatic heterocycles. The van der Waals surface area contributed by atoms with Crippen LogP contribution in [-0.2, 0) is 0 Å². The van der Waals surface area contributed by atoms with Gasteiger partial charge in [-0.05, 0) is 144 Å². The summed E-state index contributed by atoms with van der Waals surface area (Å²) in [5.74, 6) is 1.30. The van der Waals surface area contributed by atoms with Gasteiger partial charge in [0.15, 0.2) is 0 Å². The lowest BCUT2D eigenvalue weighted by atomic mass is 9.88. The molecular weight excluding hydrogens is 638 g/mol. The van der Waals surface area contributed by atoms with Gasteiger partial charge >= 0.3 is 8.24 Å². The lowest BCUT2D eigenvalue weighted by molar-refractivity contribution is 0.499. The molecule has 0 N–H and O–H groups in total. The molecule has 0 radical (unpaired) electrons. The number of hydrogen-bond acceptors (Lipinski definition) is 3. The Bertz CT molecular complexity index is 2380. The Hall–Kier alpha value is -4.03. The summed E-state index contributed by atoms with van der Waals surface area (Å²) in [5, 5.41) is 8.05. The Balaban J connectivity index is 1.54. The van der Waals surface area contributed by atoms with Gasteiger partial charge in [-0.1, -0.05) is 80.9 Å². The second kappa shape index (κ2) is 13.4. The Kier molecular flexibility index (Phi) is 9.12. The Morgan fingerprint density at radius 1 is 0.653 bits per heavy atom. The Morgan fingerprint density at radius 2 is 1.27 bits per heavy atom. The van der Waals surface area contributed by atoms with E-state index in [1.165, 1.54) is 67.9 Å². The first kappa shape index (κ1) is 33.5. The second-order valence-corrected chi connectivity index (χ2v) is 15.3. The molecular formula is C44H46O3P2. The van der Waals surface area contributed by atoms with Crippen LogP contribution in [0.2, 0.25) is 0 Å². The van der Waals surface area contributed by atoms with Crippen molar-refractivity contribution in [2.75, 3.05) is 0 Å². The van der Waals surface area contributed by atoms with E-state index in [-0.39, 0.29) is 0 Å². The van der Waals surface area contributed by atoms with Crippen molar-refractivity contribution in [1.82, 2.24) is 0 Å². The topological polar surface area (TPSA) is 35.5 Å². The van der Waals surface area contributed by atoms with E-state index in [0.717, 1.165) is 55.9 Å². The summed E-state index contributed by atoms with van der Waals surface area (Å²) >= 11 is 0. The molecule has 7 aromatic rings. The zero-order valence-electron chi connectivity index (χ0n) is 30.0. The van der Waals surface area contributed by atoms with E-state index in [9.17, 15) is 0 Å². The summed E-state index contributed by atoms with van der Waals surface area (Å²) in [6.45, 7) is 17.6. The third-order valence-corrected chi connectivity index (χ3v) is 12.4. The van der Waals surface area contributed by atoms with Crippen LogP contribution in [0.4, 0.5) is 0 Å². The van der Waals surface area contributed by atoms with Gasteiger partial charge in [0.2, 0.25) is 0 Å². The van der Waals surface area contributed by atoms with Crippen LogP contribution in [0, 0.1) is 41.5 Å². The van der Waals surface area contributed by atoms with Crippen LogP contribution in [0.15, 0.2) is 87.3 Å². The van der Waals surface area contributed by atoms with Gasteiger partial charge in [-0.25, -0.2) is 0 Å². The second-order valence-electron chi connectivity index (χ2n) is 13.7. The van der Waals surface area contributed by atoms with Crippen molar-refractivity contribution >= 4 is 66.3 Å². The maximum Gasteiger partial charge on any atom is 0.453 e. The van der Waals surface area contributed by atoms with Crippen LogP contribution in [0.25, 0.3) is 54.6 Å². The quantitative estimate of drug-likeness (QED) is 0.157. The summed E-state index contributed by atoms with van der Waals surface area (Å²) < 4.78 is 20.7. The molecule has 7 rings (SSSR count). The van der Waals surface area contributed by atoms with Gasteiger partial charge in [0, 0.05) is 21.9 Å². The molecule has 0 bridgehead atoms. The summed E-state index contributed by atoms with van der Waals surface area (Å²) in [5.41, 5.74) is 12.5. The highest BCUT2D eigenvalue weighted by atomic mass is 31.1. The van der Waals surface area contributed by atoms with Gasteiger partial charge in [0.05, 0.1) is 0 Å². The van der Waals surface area contributed by atoms with Crippen LogP contribution >= 0.6 is 17.5 Å². The minimum atomic E-state index is -1.86. The van der Waals surface area contributed by atoms with E-state index in [2.05, 4.69) is 143 Å². The first-order valence-electron chi connectivity index (χ1n) is 17.5. The highest BCUT2D eigenvalue weighted by Crippen LogP contribution is 2.47. The lowest BCUT2D eigenvalue weighted by Gasteiger charge is -2.19. The number of hydrogen-bond donors (Lipinski definition) is 0. The molecule has 1 aromatic heterocycles. The highest BCUT2D eigenvalue weighted by Gasteiger charge is 2.22. The molecule has 3 nitrogen and oxygen atoms in total. The number of rotatable bonds is 7. The van der Waals surface area contributed by atoms with Crippen molar-refractivity contribution in [3.05, 3.63) is 118 Å². The van der Waals surface area contributed by atoms with Crippen molar-refractivity contribution in [3.8, 4) is 16.9 Å². The molecule has 250 valence electrons. The van der Waals surface area contributed by atoms with E-state index in [1.807, 2.05) is 0 Å². The van der Waals surface area contributed by atoms with Gasteiger partial charge in [0.25, 0.3) is 0 Å². The molecule has 0 aliphatic rings. The molecule has 0 fully saturated rings. The van der Waals surface area contributed by atoms with E-state index >= 15 is 0 Å². The van der Waals surface area contributed by atoms with Crippen molar-refractivity contribution in [1.29, 1.82) is 0 Å². The number of fused-ring (bicyclic) bond motifs is 5. The van der Waals surface area contributed by atoms with Crippen molar-refractivity contribution in [2.24, 2.45) is 0 Å². The molecule has 0 amide bonds. The molecule has 1 heterocycles. The minimum Gasteiger partial charge on any atom is -0.390 e. The minimum absolute atomic E-state index is 0.547. The zero-order chi connectivity index (χ0) is 34.6. The van der Waals surface area contributed by atoms with Crippen LogP contribution in [0.3, 0.4) is 0 Å². The summed E-state index contributed by atoms with van der Waals surface area (Å²) in [6, 6.07) is 28.6. The van der Waals surface area contributed by atoms with Crippen LogP contribution < -0.4 is 9.83 Å². The van der Waals surface area contributed by atoms with Gasteiger partial charge in [-0.15, -0.1) is 9.24 Å². The lowest BCUT2D eigenvalue weighted by Crippen LogP contribution is -2.01. The van der Waals surface area contributed by atoms with E-state index in [4.69, 9.17) is 12.9 Å². The highest BCUT2D eigenvalue weighted by molar-refractivity contribution is 7.32. The van der Waals surface area contributed by atoms with Gasteiger partial charge in [0.1, 0.15) is 16.9 Å². The average Bonchev–Trinajstić information content (AvgIpc) is 3.24. The molecule has 6 aromatic carbocycles. The van der Waals surface area contributed by atoms with Crippen LogP contribution in [0.1, 0.15) is 78.0 Å². The summed E-state index contributed by atoms with van der Waals surface area (Å²) in [6.07, 6.45) is 3.49. The fraction of sp³-hybridized carbons (Fsp3) is 0.273. The zero-order valence-corrected chi connectivity index (χ0v) is 32.0. The van der Waals surface area contributed by atoms with Gasteiger partial charge in [-0.2, -0.15) is 0 Å². The van der Waals surface area contributed by atoms with Gasteiger partial charge in [-0.3, -0.25) is 0 Å². The maximum absolute atomic E-state index is 7.02. The standard InChI is InChI=1S/C44H46O3P2/c1-9-13-31(10-2)33-16-19-36-34(24-33)17-20-37(43(36)44-35-15-12-11-14-32(35)18-21-40(44)48)45-49-46-38-22-25(3)27(5)29(7)41(38)42-30(8)28(6)26(4)23-39(42)47-49/h11-12,14-24,31H,9-10,13,48H2,1-8H3. The molecule has 0 saturated carbocycles. The van der Waals surface area contributed by atoms with Crippen molar-refractivity contribution < 1.29 is 12.9 Å². The molecule has 2 atom stereocenters. The third kappa shape index (κ3) is 5.86. The van der Waals surface area contributed by atoms with Gasteiger partial charge < -0.3 is 12.9 Å². The monoisotopic (exact) mass is 684 g/mol. The van der Waals surface area contributed by atoms with Crippen LogP contribution in [-0.4, -0.2) is 0 Å². The largest absolute Gasteiger partial charge is 0.453 e. The number of aryl methyl sites for hydroxylation is 4. The molecule has 0 saturated heterocycles. The Morgan fingerprint density at radius 3 is 1.90 bits per heavy atom. The van der Waals surface area contributed by atoms with Crippen molar-refractivity contribution in [3.63, 3.8) is 0 Å². The Labute approximate surface area is 293 Å². The average molecular weight is 685 g/mol. The summed E-state index contributed by atoms with van der Waals surface area (Å²) in [7, 11) is 1.12. The fourth-order valence-corrected chi connectivity index (χ4v) is 9.02. The van der Waals surface area contributed by atoms with E-state index in [0.29, 0.717) is 5.92 Å².